The maximum atomic E-state index is 13.0. The number of benzene rings is 1. The van der Waals surface area contributed by atoms with Crippen LogP contribution in [-0.4, -0.2) is 43.2 Å². The number of nitrogens with zero attached hydrogens (tertiary/aromatic N) is 5. The van der Waals surface area contributed by atoms with Crippen molar-refractivity contribution in [2.24, 2.45) is 7.05 Å². The molecule has 2 aromatic heterocycles. The number of para-hydroxylation sites is 1. The van der Waals surface area contributed by atoms with Gasteiger partial charge in [0.2, 0.25) is 0 Å². The SMILES string of the molecule is CCn1cnnc1C1CCN(C(=O)c2cc3ccccc3n2C)CC1. The van der Waals surface area contributed by atoms with Gasteiger partial charge in [-0.3, -0.25) is 4.79 Å². The monoisotopic (exact) mass is 337 g/mol. The quantitative estimate of drug-likeness (QED) is 0.738. The largest absolute Gasteiger partial charge is 0.340 e. The number of aromatic nitrogens is 4. The van der Waals surface area contributed by atoms with Crippen molar-refractivity contribution >= 4 is 16.8 Å². The van der Waals surface area contributed by atoms with Gasteiger partial charge in [0.15, 0.2) is 0 Å². The molecule has 1 fully saturated rings. The molecule has 0 unspecified atom stereocenters. The fourth-order valence-corrected chi connectivity index (χ4v) is 3.82. The maximum absolute atomic E-state index is 13.0. The van der Waals surface area contributed by atoms with E-state index in [4.69, 9.17) is 0 Å². The van der Waals surface area contributed by atoms with Gasteiger partial charge in [-0.1, -0.05) is 18.2 Å². The first-order chi connectivity index (χ1) is 12.2. The molecule has 0 spiro atoms. The Morgan fingerprint density at radius 3 is 2.72 bits per heavy atom. The number of rotatable bonds is 3. The van der Waals surface area contributed by atoms with Crippen molar-refractivity contribution < 1.29 is 4.79 Å². The summed E-state index contributed by atoms with van der Waals surface area (Å²) in [6, 6.07) is 10.1. The highest BCUT2D eigenvalue weighted by Gasteiger charge is 2.28. The van der Waals surface area contributed by atoms with E-state index in [1.807, 2.05) is 34.7 Å². The van der Waals surface area contributed by atoms with Crippen LogP contribution in [0.1, 0.15) is 42.0 Å². The molecule has 0 N–H and O–H groups in total. The molecule has 1 aliphatic heterocycles. The van der Waals surface area contributed by atoms with Gasteiger partial charge >= 0.3 is 0 Å². The zero-order valence-corrected chi connectivity index (χ0v) is 14.7. The van der Waals surface area contributed by atoms with Gasteiger partial charge in [-0.15, -0.1) is 10.2 Å². The lowest BCUT2D eigenvalue weighted by Gasteiger charge is -2.31. The Morgan fingerprint density at radius 1 is 1.24 bits per heavy atom. The molecule has 130 valence electrons. The first kappa shape index (κ1) is 15.9. The van der Waals surface area contributed by atoms with E-state index < -0.39 is 0 Å². The van der Waals surface area contributed by atoms with Gasteiger partial charge in [0.25, 0.3) is 5.91 Å². The Labute approximate surface area is 147 Å². The summed E-state index contributed by atoms with van der Waals surface area (Å²) in [5, 5.41) is 9.43. The molecule has 25 heavy (non-hydrogen) atoms. The van der Waals surface area contributed by atoms with Crippen molar-refractivity contribution in [1.29, 1.82) is 0 Å². The highest BCUT2D eigenvalue weighted by molar-refractivity contribution is 5.98. The number of aryl methyl sites for hydroxylation is 2. The molecule has 1 saturated heterocycles. The van der Waals surface area contributed by atoms with Crippen LogP contribution in [0.5, 0.6) is 0 Å². The Bertz CT molecular complexity index is 902. The third kappa shape index (κ3) is 2.71. The van der Waals surface area contributed by atoms with Crippen LogP contribution in [0.25, 0.3) is 10.9 Å². The normalized spacial score (nSPS) is 15.8. The Hall–Kier alpha value is -2.63. The molecule has 1 amide bonds. The Balaban J connectivity index is 1.50. The fourth-order valence-electron chi connectivity index (χ4n) is 3.82. The molecule has 3 heterocycles. The minimum atomic E-state index is 0.120. The summed E-state index contributed by atoms with van der Waals surface area (Å²) in [7, 11) is 1.96. The number of carbonyl (C=O) groups is 1. The number of carbonyl (C=O) groups excluding carboxylic acids is 1. The highest BCUT2D eigenvalue weighted by Crippen LogP contribution is 2.28. The molecule has 0 aliphatic carbocycles. The summed E-state index contributed by atoms with van der Waals surface area (Å²) in [6.45, 7) is 4.52. The van der Waals surface area contributed by atoms with Gasteiger partial charge in [0.05, 0.1) is 0 Å². The number of hydrogen-bond donors (Lipinski definition) is 0. The summed E-state index contributed by atoms with van der Waals surface area (Å²) in [5.74, 6) is 1.56. The summed E-state index contributed by atoms with van der Waals surface area (Å²) in [5.41, 5.74) is 1.85. The van der Waals surface area contributed by atoms with Gasteiger partial charge in [-0.05, 0) is 31.9 Å². The van der Waals surface area contributed by atoms with Crippen molar-refractivity contribution in [1.82, 2.24) is 24.2 Å². The van der Waals surface area contributed by atoms with E-state index in [2.05, 4.69) is 33.8 Å². The van der Waals surface area contributed by atoms with Crippen molar-refractivity contribution in [2.75, 3.05) is 13.1 Å². The summed E-state index contributed by atoms with van der Waals surface area (Å²) in [6.07, 6.45) is 3.67. The molecule has 0 bridgehead atoms. The van der Waals surface area contributed by atoms with E-state index in [1.165, 1.54) is 0 Å². The van der Waals surface area contributed by atoms with E-state index in [-0.39, 0.29) is 5.91 Å². The van der Waals surface area contributed by atoms with Gasteiger partial charge in [0, 0.05) is 43.5 Å². The maximum Gasteiger partial charge on any atom is 0.270 e. The minimum Gasteiger partial charge on any atom is -0.340 e. The average Bonchev–Trinajstić information content (AvgIpc) is 3.26. The van der Waals surface area contributed by atoms with Crippen LogP contribution < -0.4 is 0 Å². The second-order valence-corrected chi connectivity index (χ2v) is 6.69. The van der Waals surface area contributed by atoms with Gasteiger partial charge in [-0.25, -0.2) is 0 Å². The van der Waals surface area contributed by atoms with E-state index in [0.717, 1.165) is 54.9 Å². The smallest absolute Gasteiger partial charge is 0.270 e. The van der Waals surface area contributed by atoms with Gasteiger partial charge in [-0.2, -0.15) is 0 Å². The topological polar surface area (TPSA) is 56.0 Å². The van der Waals surface area contributed by atoms with E-state index in [1.54, 1.807) is 6.33 Å². The summed E-state index contributed by atoms with van der Waals surface area (Å²) < 4.78 is 4.10. The number of hydrogen-bond acceptors (Lipinski definition) is 3. The molecule has 3 aromatic rings. The molecule has 6 nitrogen and oxygen atoms in total. The van der Waals surface area contributed by atoms with Crippen molar-refractivity contribution in [2.45, 2.75) is 32.2 Å². The second-order valence-electron chi connectivity index (χ2n) is 6.69. The lowest BCUT2D eigenvalue weighted by atomic mass is 9.95. The molecular weight excluding hydrogens is 314 g/mol. The molecule has 1 aromatic carbocycles. The molecule has 0 radical (unpaired) electrons. The lowest BCUT2D eigenvalue weighted by molar-refractivity contribution is 0.0701. The minimum absolute atomic E-state index is 0.120. The van der Waals surface area contributed by atoms with E-state index in [9.17, 15) is 4.79 Å². The molecule has 4 rings (SSSR count). The fraction of sp³-hybridized carbons (Fsp3) is 0.421. The number of fused-ring (bicyclic) bond motifs is 1. The van der Waals surface area contributed by atoms with Crippen molar-refractivity contribution in [3.05, 3.63) is 48.2 Å². The van der Waals surface area contributed by atoms with Crippen LogP contribution >= 0.6 is 0 Å². The number of amides is 1. The van der Waals surface area contributed by atoms with Crippen LogP contribution in [0.3, 0.4) is 0 Å². The van der Waals surface area contributed by atoms with Crippen LogP contribution in [-0.2, 0) is 13.6 Å². The lowest BCUT2D eigenvalue weighted by Crippen LogP contribution is -2.39. The molecule has 0 atom stereocenters. The highest BCUT2D eigenvalue weighted by atomic mass is 16.2. The molecule has 0 saturated carbocycles. The van der Waals surface area contributed by atoms with Crippen molar-refractivity contribution in [3.8, 4) is 0 Å². The Kier molecular flexibility index (Phi) is 4.03. The van der Waals surface area contributed by atoms with Gasteiger partial charge < -0.3 is 14.0 Å². The molecule has 6 heteroatoms. The Morgan fingerprint density at radius 2 is 2.00 bits per heavy atom. The average molecular weight is 337 g/mol. The van der Waals surface area contributed by atoms with Crippen LogP contribution in [0.2, 0.25) is 0 Å². The van der Waals surface area contributed by atoms with Crippen molar-refractivity contribution in [3.63, 3.8) is 0 Å². The zero-order chi connectivity index (χ0) is 17.4. The molecule has 1 aliphatic rings. The van der Waals surface area contributed by atoms with Crippen LogP contribution in [0, 0.1) is 0 Å². The first-order valence-electron chi connectivity index (χ1n) is 8.90. The van der Waals surface area contributed by atoms with E-state index in [0.29, 0.717) is 5.92 Å². The zero-order valence-electron chi connectivity index (χ0n) is 14.7. The first-order valence-corrected chi connectivity index (χ1v) is 8.90. The van der Waals surface area contributed by atoms with Crippen LogP contribution in [0.15, 0.2) is 36.7 Å². The van der Waals surface area contributed by atoms with E-state index >= 15 is 0 Å². The number of likely N-dealkylation sites (tertiary alicyclic amines) is 1. The standard InChI is InChI=1S/C19H23N5O/c1-3-23-13-20-21-18(23)14-8-10-24(11-9-14)19(25)17-12-15-6-4-5-7-16(15)22(17)2/h4-7,12-14H,3,8-11H2,1-2H3. The third-order valence-corrected chi connectivity index (χ3v) is 5.30. The predicted molar refractivity (Wildman–Crippen MR) is 96.5 cm³/mol. The van der Waals surface area contributed by atoms with Crippen LogP contribution in [0.4, 0.5) is 0 Å². The number of piperidine rings is 1. The predicted octanol–water partition coefficient (Wildman–Crippen LogP) is 2.81. The molecular formula is C19H23N5O. The third-order valence-electron chi connectivity index (χ3n) is 5.30. The summed E-state index contributed by atoms with van der Waals surface area (Å²) in [4.78, 5) is 14.9. The van der Waals surface area contributed by atoms with Gasteiger partial charge in [0.1, 0.15) is 17.8 Å². The second kappa shape index (κ2) is 6.35. The summed E-state index contributed by atoms with van der Waals surface area (Å²) >= 11 is 0.